The van der Waals surface area contributed by atoms with Crippen LogP contribution in [-0.2, 0) is 14.3 Å². The highest BCUT2D eigenvalue weighted by Crippen LogP contribution is 2.37. The van der Waals surface area contributed by atoms with Gasteiger partial charge in [-0.3, -0.25) is 24.2 Å². The van der Waals surface area contributed by atoms with Crippen molar-refractivity contribution >= 4 is 40.8 Å². The van der Waals surface area contributed by atoms with Crippen molar-refractivity contribution < 1.29 is 23.5 Å². The van der Waals surface area contributed by atoms with Crippen molar-refractivity contribution in [2.45, 2.75) is 20.8 Å². The van der Waals surface area contributed by atoms with Crippen LogP contribution in [0, 0.1) is 19.7 Å². The number of fused-ring (bicyclic) bond motifs is 1. The molecule has 152 valence electrons. The predicted molar refractivity (Wildman–Crippen MR) is 108 cm³/mol. The van der Waals surface area contributed by atoms with Crippen LogP contribution >= 0.6 is 11.6 Å². The number of aryl methyl sites for hydroxylation is 2. The van der Waals surface area contributed by atoms with E-state index in [0.29, 0.717) is 11.4 Å². The third kappa shape index (κ3) is 3.96. The van der Waals surface area contributed by atoms with Crippen LogP contribution in [0.15, 0.2) is 30.3 Å². The van der Waals surface area contributed by atoms with Crippen LogP contribution < -0.4 is 9.80 Å². The molecule has 0 spiro atoms. The van der Waals surface area contributed by atoms with Crippen LogP contribution in [-0.4, -0.2) is 37.5 Å². The fraction of sp³-hybridized carbons (Fsp3) is 0.286. The number of anilines is 2. The van der Waals surface area contributed by atoms with E-state index in [1.807, 2.05) is 13.8 Å². The van der Waals surface area contributed by atoms with E-state index in [1.165, 1.54) is 21.9 Å². The molecule has 0 aromatic heterocycles. The summed E-state index contributed by atoms with van der Waals surface area (Å²) >= 11 is 6.05. The fourth-order valence-electron chi connectivity index (χ4n) is 3.19. The molecule has 1 heterocycles. The molecule has 0 fully saturated rings. The van der Waals surface area contributed by atoms with E-state index in [2.05, 4.69) is 0 Å². The first-order valence-corrected chi connectivity index (χ1v) is 9.45. The minimum atomic E-state index is -0.769. The summed E-state index contributed by atoms with van der Waals surface area (Å²) < 4.78 is 19.3. The fourth-order valence-corrected chi connectivity index (χ4v) is 3.43. The highest BCUT2D eigenvalue weighted by molar-refractivity contribution is 6.35. The quantitative estimate of drug-likeness (QED) is 0.711. The Hall–Kier alpha value is -2.93. The Labute approximate surface area is 172 Å². The molecular weight excluding hydrogens is 399 g/mol. The monoisotopic (exact) mass is 418 g/mol. The second-order valence-corrected chi connectivity index (χ2v) is 7.11. The van der Waals surface area contributed by atoms with Crippen LogP contribution in [0.3, 0.4) is 0 Å². The summed E-state index contributed by atoms with van der Waals surface area (Å²) in [6.07, 6.45) is 0. The van der Waals surface area contributed by atoms with Crippen molar-refractivity contribution in [1.29, 1.82) is 0 Å². The van der Waals surface area contributed by atoms with Crippen LogP contribution in [0.5, 0.6) is 0 Å². The smallest absolute Gasteiger partial charge is 0.326 e. The summed E-state index contributed by atoms with van der Waals surface area (Å²) in [6.45, 7) is 4.97. The molecule has 0 bridgehead atoms. The molecule has 1 aliphatic heterocycles. The van der Waals surface area contributed by atoms with Crippen molar-refractivity contribution in [3.05, 3.63) is 57.9 Å². The Bertz CT molecular complexity index is 988. The van der Waals surface area contributed by atoms with Gasteiger partial charge in [-0.05, 0) is 56.2 Å². The standard InChI is InChI=1S/C21H20ClFN2O4/c1-4-29-19(27)11-24-16-8-12(2)13(3)9-17(16)25(10-18(24)26)21(28)20-14(22)6-5-7-15(20)23/h5-9H,4,10-11H2,1-3H3. The molecule has 0 saturated carbocycles. The Morgan fingerprint density at radius 3 is 2.45 bits per heavy atom. The zero-order valence-electron chi connectivity index (χ0n) is 16.3. The lowest BCUT2D eigenvalue weighted by molar-refractivity contribution is -0.142. The molecule has 8 heteroatoms. The molecule has 2 aromatic rings. The van der Waals surface area contributed by atoms with Gasteiger partial charge in [0.05, 0.1) is 28.6 Å². The van der Waals surface area contributed by atoms with Gasteiger partial charge in [0.25, 0.3) is 5.91 Å². The molecule has 0 unspecified atom stereocenters. The van der Waals surface area contributed by atoms with Crippen molar-refractivity contribution in [2.75, 3.05) is 29.5 Å². The van der Waals surface area contributed by atoms with Crippen LogP contribution in [0.25, 0.3) is 0 Å². The van der Waals surface area contributed by atoms with Gasteiger partial charge < -0.3 is 4.74 Å². The Morgan fingerprint density at radius 1 is 1.17 bits per heavy atom. The average molecular weight is 419 g/mol. The van der Waals surface area contributed by atoms with E-state index in [4.69, 9.17) is 16.3 Å². The lowest BCUT2D eigenvalue weighted by Crippen LogP contribution is -2.50. The van der Waals surface area contributed by atoms with Crippen molar-refractivity contribution in [3.8, 4) is 0 Å². The molecule has 29 heavy (non-hydrogen) atoms. The number of carbonyl (C=O) groups is 3. The van der Waals surface area contributed by atoms with Gasteiger partial charge in [-0.2, -0.15) is 0 Å². The maximum Gasteiger partial charge on any atom is 0.326 e. The van der Waals surface area contributed by atoms with E-state index in [1.54, 1.807) is 19.1 Å². The minimum absolute atomic E-state index is 0.0400. The van der Waals surface area contributed by atoms with Crippen LogP contribution in [0.2, 0.25) is 5.02 Å². The van der Waals surface area contributed by atoms with Gasteiger partial charge in [0.15, 0.2) is 0 Å². The number of halogens is 2. The van der Waals surface area contributed by atoms with Crippen molar-refractivity contribution in [3.63, 3.8) is 0 Å². The largest absolute Gasteiger partial charge is 0.465 e. The van der Waals surface area contributed by atoms with E-state index in [-0.39, 0.29) is 30.3 Å². The van der Waals surface area contributed by atoms with Crippen molar-refractivity contribution in [1.82, 2.24) is 0 Å². The first-order chi connectivity index (χ1) is 13.7. The highest BCUT2D eigenvalue weighted by Gasteiger charge is 2.36. The van der Waals surface area contributed by atoms with Gasteiger partial charge in [-0.1, -0.05) is 17.7 Å². The second kappa shape index (κ2) is 8.21. The summed E-state index contributed by atoms with van der Waals surface area (Å²) in [7, 11) is 0. The zero-order chi connectivity index (χ0) is 21.3. The number of hydrogen-bond acceptors (Lipinski definition) is 4. The minimum Gasteiger partial charge on any atom is -0.465 e. The summed E-state index contributed by atoms with van der Waals surface area (Å²) in [6, 6.07) is 7.42. The first kappa shape index (κ1) is 20.8. The number of ether oxygens (including phenoxy) is 1. The van der Waals surface area contributed by atoms with Gasteiger partial charge >= 0.3 is 5.97 Å². The molecule has 0 atom stereocenters. The predicted octanol–water partition coefficient (Wildman–Crippen LogP) is 3.65. The molecule has 0 aliphatic carbocycles. The maximum atomic E-state index is 14.3. The number of benzene rings is 2. The van der Waals surface area contributed by atoms with Gasteiger partial charge in [-0.15, -0.1) is 0 Å². The number of hydrogen-bond donors (Lipinski definition) is 0. The second-order valence-electron chi connectivity index (χ2n) is 6.70. The van der Waals surface area contributed by atoms with Gasteiger partial charge in [0.2, 0.25) is 5.91 Å². The van der Waals surface area contributed by atoms with E-state index >= 15 is 0 Å². The number of rotatable bonds is 4. The van der Waals surface area contributed by atoms with Crippen LogP contribution in [0.1, 0.15) is 28.4 Å². The number of carbonyl (C=O) groups excluding carboxylic acids is 3. The zero-order valence-corrected chi connectivity index (χ0v) is 17.0. The molecule has 1 aliphatic rings. The van der Waals surface area contributed by atoms with Gasteiger partial charge in [-0.25, -0.2) is 4.39 Å². The number of amides is 2. The Balaban J connectivity index is 2.09. The third-order valence-corrected chi connectivity index (χ3v) is 5.10. The first-order valence-electron chi connectivity index (χ1n) is 9.07. The molecule has 6 nitrogen and oxygen atoms in total. The highest BCUT2D eigenvalue weighted by atomic mass is 35.5. The normalized spacial score (nSPS) is 13.3. The molecule has 3 rings (SSSR count). The topological polar surface area (TPSA) is 66.9 Å². The Morgan fingerprint density at radius 2 is 1.83 bits per heavy atom. The number of esters is 1. The molecule has 0 N–H and O–H groups in total. The maximum absolute atomic E-state index is 14.3. The summed E-state index contributed by atoms with van der Waals surface area (Å²) in [4.78, 5) is 40.4. The van der Waals surface area contributed by atoms with Gasteiger partial charge in [0, 0.05) is 0 Å². The van der Waals surface area contributed by atoms with Crippen molar-refractivity contribution in [2.24, 2.45) is 0 Å². The average Bonchev–Trinajstić information content (AvgIpc) is 2.65. The molecular formula is C21H20ClFN2O4. The lowest BCUT2D eigenvalue weighted by atomic mass is 10.0. The summed E-state index contributed by atoms with van der Waals surface area (Å²) in [5.74, 6) is -2.52. The number of nitrogens with zero attached hydrogens (tertiary/aromatic N) is 2. The lowest BCUT2D eigenvalue weighted by Gasteiger charge is -2.36. The molecule has 0 radical (unpaired) electrons. The van der Waals surface area contributed by atoms with Gasteiger partial charge in [0.1, 0.15) is 18.9 Å². The summed E-state index contributed by atoms with van der Waals surface area (Å²) in [5, 5.41) is -0.0400. The SMILES string of the molecule is CCOC(=O)CN1C(=O)CN(C(=O)c2c(F)cccc2Cl)c2cc(C)c(C)cc21. The van der Waals surface area contributed by atoms with E-state index in [0.717, 1.165) is 17.2 Å². The molecule has 0 saturated heterocycles. The third-order valence-electron chi connectivity index (χ3n) is 4.78. The van der Waals surface area contributed by atoms with Crippen LogP contribution in [0.4, 0.5) is 15.8 Å². The molecule has 2 amide bonds. The summed E-state index contributed by atoms with van der Waals surface area (Å²) in [5.41, 5.74) is 2.25. The van der Waals surface area contributed by atoms with E-state index in [9.17, 15) is 18.8 Å². The Kier molecular flexibility index (Phi) is 5.88. The molecule has 2 aromatic carbocycles. The van der Waals surface area contributed by atoms with E-state index < -0.39 is 23.6 Å².